The Kier molecular flexibility index (Phi) is 2.79. The van der Waals surface area contributed by atoms with E-state index < -0.39 is 0 Å². The molecule has 0 aliphatic heterocycles. The summed E-state index contributed by atoms with van der Waals surface area (Å²) >= 11 is 0. The molecule has 2 aromatic heterocycles. The van der Waals surface area contributed by atoms with Gasteiger partial charge in [-0.3, -0.25) is 9.89 Å². The molecule has 1 saturated carbocycles. The molecule has 18 heavy (non-hydrogen) atoms. The van der Waals surface area contributed by atoms with Gasteiger partial charge in [-0.2, -0.15) is 0 Å². The summed E-state index contributed by atoms with van der Waals surface area (Å²) in [5, 5.41) is 9.52. The van der Waals surface area contributed by atoms with Crippen molar-refractivity contribution in [3.8, 4) is 0 Å². The molecule has 2 heterocycles. The number of aromatic nitrogens is 5. The second-order valence-electron chi connectivity index (χ2n) is 4.37. The number of aromatic amines is 1. The van der Waals surface area contributed by atoms with Crippen LogP contribution in [-0.4, -0.2) is 37.2 Å². The van der Waals surface area contributed by atoms with Crippen LogP contribution in [0, 0.1) is 0 Å². The molecule has 1 amide bonds. The maximum Gasteiger partial charge on any atom is 0.291 e. The number of amides is 1. The number of hydrogen-bond acceptors (Lipinski definition) is 4. The first-order valence-corrected chi connectivity index (χ1v) is 5.99. The topological polar surface area (TPSA) is 88.5 Å². The minimum absolute atomic E-state index is 0.225. The largest absolute Gasteiger partial charge is 0.347 e. The molecule has 0 saturated heterocycles. The van der Waals surface area contributed by atoms with E-state index in [1.165, 1.54) is 0 Å². The molecule has 2 aromatic rings. The lowest BCUT2D eigenvalue weighted by Gasteiger charge is -2.02. The molecule has 7 nitrogen and oxygen atoms in total. The van der Waals surface area contributed by atoms with E-state index in [1.807, 2.05) is 10.8 Å². The molecule has 1 fully saturated rings. The highest BCUT2D eigenvalue weighted by Crippen LogP contribution is 2.37. The lowest BCUT2D eigenvalue weighted by molar-refractivity contribution is 0.0942. The quantitative estimate of drug-likeness (QED) is 0.794. The van der Waals surface area contributed by atoms with Crippen molar-refractivity contribution >= 4 is 5.91 Å². The number of rotatable bonds is 5. The van der Waals surface area contributed by atoms with Crippen LogP contribution in [0.1, 0.15) is 35.2 Å². The molecular formula is C11H14N6O. The summed E-state index contributed by atoms with van der Waals surface area (Å²) in [4.78, 5) is 19.9. The maximum atomic E-state index is 11.7. The fraction of sp³-hybridized carbons (Fsp3) is 0.455. The van der Waals surface area contributed by atoms with Crippen LogP contribution >= 0.6 is 0 Å². The molecule has 0 spiro atoms. The van der Waals surface area contributed by atoms with E-state index >= 15 is 0 Å². The number of H-pyrrole nitrogens is 1. The first kappa shape index (κ1) is 10.9. The third-order valence-corrected chi connectivity index (χ3v) is 2.88. The van der Waals surface area contributed by atoms with E-state index in [1.54, 1.807) is 12.5 Å². The third-order valence-electron chi connectivity index (χ3n) is 2.88. The Morgan fingerprint density at radius 2 is 2.44 bits per heavy atom. The van der Waals surface area contributed by atoms with Gasteiger partial charge in [0.25, 0.3) is 5.91 Å². The minimum Gasteiger partial charge on any atom is -0.347 e. The molecular weight excluding hydrogens is 232 g/mol. The molecule has 94 valence electrons. The van der Waals surface area contributed by atoms with Crippen LogP contribution in [-0.2, 0) is 6.54 Å². The van der Waals surface area contributed by atoms with E-state index in [0.717, 1.165) is 18.7 Å². The lowest BCUT2D eigenvalue weighted by Crippen LogP contribution is -2.27. The van der Waals surface area contributed by atoms with Gasteiger partial charge in [0.1, 0.15) is 5.82 Å². The lowest BCUT2D eigenvalue weighted by atomic mass is 10.4. The van der Waals surface area contributed by atoms with Gasteiger partial charge in [-0.15, -0.1) is 5.10 Å². The summed E-state index contributed by atoms with van der Waals surface area (Å²) in [7, 11) is 0. The normalized spacial score (nSPS) is 14.7. The Labute approximate surface area is 104 Å². The second-order valence-corrected chi connectivity index (χ2v) is 4.37. The van der Waals surface area contributed by atoms with E-state index in [2.05, 4.69) is 25.5 Å². The van der Waals surface area contributed by atoms with Crippen molar-refractivity contribution in [3.05, 3.63) is 30.4 Å². The monoisotopic (exact) mass is 246 g/mol. The molecule has 0 atom stereocenters. The van der Waals surface area contributed by atoms with Crippen molar-refractivity contribution in [1.29, 1.82) is 0 Å². The van der Waals surface area contributed by atoms with Gasteiger partial charge in [0, 0.05) is 31.4 Å². The van der Waals surface area contributed by atoms with Crippen molar-refractivity contribution < 1.29 is 4.79 Å². The van der Waals surface area contributed by atoms with Gasteiger partial charge < -0.3 is 9.88 Å². The second kappa shape index (κ2) is 4.59. The molecule has 0 radical (unpaired) electrons. The van der Waals surface area contributed by atoms with E-state index in [4.69, 9.17) is 0 Å². The zero-order valence-corrected chi connectivity index (χ0v) is 9.83. The Morgan fingerprint density at radius 3 is 3.17 bits per heavy atom. The van der Waals surface area contributed by atoms with Crippen LogP contribution in [0.4, 0.5) is 0 Å². The predicted molar refractivity (Wildman–Crippen MR) is 62.9 cm³/mol. The Hall–Kier alpha value is -2.18. The molecule has 3 rings (SSSR count). The zero-order chi connectivity index (χ0) is 12.4. The van der Waals surface area contributed by atoms with E-state index in [0.29, 0.717) is 19.0 Å². The standard InChI is InChI=1S/C11H14N6O/c18-11(13-4-6-17-5-3-12-7-17)10-14-9(15-16-10)8-1-2-8/h3,5,7-8H,1-2,4,6H2,(H,13,18)(H,14,15,16). The molecule has 0 unspecified atom stereocenters. The van der Waals surface area contributed by atoms with Gasteiger partial charge in [0.15, 0.2) is 0 Å². The van der Waals surface area contributed by atoms with E-state index in [9.17, 15) is 4.79 Å². The first-order valence-electron chi connectivity index (χ1n) is 5.99. The fourth-order valence-electron chi connectivity index (χ4n) is 1.71. The van der Waals surface area contributed by atoms with Crippen molar-refractivity contribution in [2.45, 2.75) is 25.3 Å². The van der Waals surface area contributed by atoms with Crippen LogP contribution in [0.5, 0.6) is 0 Å². The summed E-state index contributed by atoms with van der Waals surface area (Å²) in [6, 6.07) is 0. The highest BCUT2D eigenvalue weighted by atomic mass is 16.2. The summed E-state index contributed by atoms with van der Waals surface area (Å²) in [6.07, 6.45) is 7.54. The Balaban J connectivity index is 1.50. The van der Waals surface area contributed by atoms with Gasteiger partial charge >= 0.3 is 0 Å². The van der Waals surface area contributed by atoms with Gasteiger partial charge in [-0.25, -0.2) is 9.97 Å². The average molecular weight is 246 g/mol. The number of carbonyl (C=O) groups excluding carboxylic acids is 1. The van der Waals surface area contributed by atoms with Crippen LogP contribution in [0.25, 0.3) is 0 Å². The number of nitrogens with zero attached hydrogens (tertiary/aromatic N) is 4. The van der Waals surface area contributed by atoms with Crippen LogP contribution in [0.3, 0.4) is 0 Å². The van der Waals surface area contributed by atoms with E-state index in [-0.39, 0.29) is 11.7 Å². The Morgan fingerprint density at radius 1 is 1.56 bits per heavy atom. The molecule has 0 bridgehead atoms. The molecule has 7 heteroatoms. The number of hydrogen-bond donors (Lipinski definition) is 2. The highest BCUT2D eigenvalue weighted by molar-refractivity contribution is 5.90. The highest BCUT2D eigenvalue weighted by Gasteiger charge is 2.28. The smallest absolute Gasteiger partial charge is 0.291 e. The minimum atomic E-state index is -0.238. The molecule has 1 aliphatic rings. The third kappa shape index (κ3) is 2.39. The van der Waals surface area contributed by atoms with Crippen molar-refractivity contribution in [3.63, 3.8) is 0 Å². The summed E-state index contributed by atoms with van der Waals surface area (Å²) in [6.45, 7) is 1.22. The Bertz CT molecular complexity index is 527. The summed E-state index contributed by atoms with van der Waals surface area (Å²) in [5.41, 5.74) is 0. The average Bonchev–Trinajstić information content (AvgIpc) is 2.92. The maximum absolute atomic E-state index is 11.7. The summed E-state index contributed by atoms with van der Waals surface area (Å²) in [5.74, 6) is 1.29. The van der Waals surface area contributed by atoms with Crippen molar-refractivity contribution in [2.75, 3.05) is 6.54 Å². The number of imidazole rings is 1. The van der Waals surface area contributed by atoms with Gasteiger partial charge in [0.05, 0.1) is 6.33 Å². The van der Waals surface area contributed by atoms with Gasteiger partial charge in [-0.05, 0) is 12.8 Å². The molecule has 2 N–H and O–H groups in total. The first-order chi connectivity index (χ1) is 8.83. The fourth-order valence-corrected chi connectivity index (χ4v) is 1.71. The van der Waals surface area contributed by atoms with Crippen LogP contribution in [0.2, 0.25) is 0 Å². The van der Waals surface area contributed by atoms with Gasteiger partial charge in [-0.1, -0.05) is 0 Å². The number of carbonyl (C=O) groups is 1. The number of nitrogens with one attached hydrogen (secondary N) is 2. The SMILES string of the molecule is O=C(NCCn1ccnc1)c1n[nH]c(C2CC2)n1. The van der Waals surface area contributed by atoms with Crippen molar-refractivity contribution in [1.82, 2.24) is 30.0 Å². The van der Waals surface area contributed by atoms with Crippen molar-refractivity contribution in [2.24, 2.45) is 0 Å². The van der Waals surface area contributed by atoms with Crippen LogP contribution < -0.4 is 5.32 Å². The zero-order valence-electron chi connectivity index (χ0n) is 9.83. The molecule has 1 aliphatic carbocycles. The van der Waals surface area contributed by atoms with Gasteiger partial charge in [0.2, 0.25) is 5.82 Å². The van der Waals surface area contributed by atoms with Crippen LogP contribution in [0.15, 0.2) is 18.7 Å². The predicted octanol–water partition coefficient (Wildman–Crippen LogP) is 0.309. The molecule has 0 aromatic carbocycles. The summed E-state index contributed by atoms with van der Waals surface area (Å²) < 4.78 is 1.90.